The summed E-state index contributed by atoms with van der Waals surface area (Å²) >= 11 is 0. The van der Waals surface area contributed by atoms with Crippen LogP contribution in [0, 0.1) is 0 Å². The molecule has 33 heavy (non-hydrogen) atoms. The molecule has 5 atom stereocenters. The van der Waals surface area contributed by atoms with Gasteiger partial charge >= 0.3 is 11.9 Å². The number of ether oxygens (including phenoxy) is 4. The minimum Gasteiger partial charge on any atom is -0.493 e. The van der Waals surface area contributed by atoms with Crippen LogP contribution in [-0.2, 0) is 30.9 Å². The molecule has 0 aromatic heterocycles. The minimum absolute atomic E-state index is 0.0772. The van der Waals surface area contributed by atoms with Crippen molar-refractivity contribution in [3.05, 3.63) is 35.1 Å². The number of aliphatic hydroxyl groups is 1. The van der Waals surface area contributed by atoms with E-state index >= 15 is 0 Å². The number of nitrogens with zero attached hydrogens (tertiary/aromatic N) is 1. The molecule has 1 N–H and O–H groups in total. The zero-order valence-corrected chi connectivity index (χ0v) is 19.6. The summed E-state index contributed by atoms with van der Waals surface area (Å²) in [5, 5.41) is 12.2. The summed E-state index contributed by atoms with van der Waals surface area (Å²) in [4.78, 5) is 26.9. The standard InChI is InChI=1S/C25H31NO7/c1-5-6-19(27)31-14(2)23(28)32-17-9-10-25(29)18-13-15-7-8-16(30-4)21-20(15)24(25,22(17)33-21)11-12-26(18)3/h7-9,14,18,22,29H,5-6,10-13H2,1-4H3/t14-,18+,22-,24-,25+/m0/s1. The van der Waals surface area contributed by atoms with Crippen molar-refractivity contribution < 1.29 is 33.6 Å². The van der Waals surface area contributed by atoms with Crippen LogP contribution in [-0.4, -0.2) is 66.5 Å². The van der Waals surface area contributed by atoms with Gasteiger partial charge in [-0.3, -0.25) is 4.79 Å². The van der Waals surface area contributed by atoms with Crippen LogP contribution in [0.1, 0.15) is 50.7 Å². The Kier molecular flexibility index (Phi) is 5.21. The van der Waals surface area contributed by atoms with E-state index in [1.54, 1.807) is 13.2 Å². The third-order valence-electron chi connectivity index (χ3n) is 7.87. The van der Waals surface area contributed by atoms with Crippen LogP contribution in [0.15, 0.2) is 24.0 Å². The Morgan fingerprint density at radius 1 is 1.36 bits per heavy atom. The molecular formula is C25H31NO7. The van der Waals surface area contributed by atoms with Gasteiger partial charge in [0.05, 0.1) is 18.1 Å². The van der Waals surface area contributed by atoms with Crippen LogP contribution in [0.5, 0.6) is 11.5 Å². The monoisotopic (exact) mass is 457 g/mol. The van der Waals surface area contributed by atoms with Gasteiger partial charge in [0.1, 0.15) is 5.76 Å². The molecule has 1 saturated heterocycles. The fourth-order valence-electron chi connectivity index (χ4n) is 6.30. The summed E-state index contributed by atoms with van der Waals surface area (Å²) in [5.74, 6) is 0.492. The van der Waals surface area contributed by atoms with Crippen LogP contribution in [0.25, 0.3) is 0 Å². The zero-order valence-electron chi connectivity index (χ0n) is 19.6. The fraction of sp³-hybridized carbons (Fsp3) is 0.600. The largest absolute Gasteiger partial charge is 0.493 e. The van der Waals surface area contributed by atoms with E-state index in [2.05, 4.69) is 11.0 Å². The number of esters is 2. The van der Waals surface area contributed by atoms with E-state index in [1.807, 2.05) is 20.0 Å². The quantitative estimate of drug-likeness (QED) is 0.650. The van der Waals surface area contributed by atoms with Crippen molar-refractivity contribution in [3.63, 3.8) is 0 Å². The molecule has 1 fully saturated rings. The topological polar surface area (TPSA) is 94.5 Å². The highest BCUT2D eigenvalue weighted by Gasteiger charge is 2.72. The number of hydrogen-bond acceptors (Lipinski definition) is 8. The number of piperidine rings is 1. The number of likely N-dealkylation sites (tertiary alicyclic amines) is 1. The van der Waals surface area contributed by atoms with Gasteiger partial charge in [-0.1, -0.05) is 13.0 Å². The van der Waals surface area contributed by atoms with E-state index in [-0.39, 0.29) is 12.5 Å². The lowest BCUT2D eigenvalue weighted by Crippen LogP contribution is -2.74. The fourth-order valence-corrected chi connectivity index (χ4v) is 6.30. The molecule has 0 amide bonds. The smallest absolute Gasteiger partial charge is 0.352 e. The highest BCUT2D eigenvalue weighted by Crippen LogP contribution is 2.65. The molecule has 8 nitrogen and oxygen atoms in total. The third kappa shape index (κ3) is 2.96. The van der Waals surface area contributed by atoms with Gasteiger partial charge < -0.3 is 29.0 Å². The molecule has 1 aromatic rings. The maximum absolute atomic E-state index is 12.8. The average molecular weight is 458 g/mol. The number of methoxy groups -OCH3 is 1. The average Bonchev–Trinajstić information content (AvgIpc) is 3.13. The molecular weight excluding hydrogens is 426 g/mol. The Balaban J connectivity index is 1.53. The van der Waals surface area contributed by atoms with Crippen LogP contribution >= 0.6 is 0 Å². The molecule has 1 aromatic carbocycles. The van der Waals surface area contributed by atoms with Gasteiger partial charge in [-0.2, -0.15) is 0 Å². The second-order valence-electron chi connectivity index (χ2n) is 9.59. The maximum Gasteiger partial charge on any atom is 0.352 e. The van der Waals surface area contributed by atoms with Crippen LogP contribution < -0.4 is 9.47 Å². The lowest BCUT2D eigenvalue weighted by molar-refractivity contribution is -0.175. The van der Waals surface area contributed by atoms with Crippen molar-refractivity contribution in [2.75, 3.05) is 20.7 Å². The molecule has 2 aliphatic carbocycles. The molecule has 178 valence electrons. The van der Waals surface area contributed by atoms with Crippen LogP contribution in [0.2, 0.25) is 0 Å². The van der Waals surface area contributed by atoms with Gasteiger partial charge in [-0.15, -0.1) is 0 Å². The highest BCUT2D eigenvalue weighted by molar-refractivity contribution is 5.80. The second kappa shape index (κ2) is 7.74. The molecule has 0 unspecified atom stereocenters. The normalized spacial score (nSPS) is 32.2. The second-order valence-corrected chi connectivity index (χ2v) is 9.59. The van der Waals surface area contributed by atoms with Crippen LogP contribution in [0.3, 0.4) is 0 Å². The summed E-state index contributed by atoms with van der Waals surface area (Å²) in [6, 6.07) is 3.87. The molecule has 1 spiro atoms. The van der Waals surface area contributed by atoms with Crippen molar-refractivity contribution in [1.82, 2.24) is 4.90 Å². The summed E-state index contributed by atoms with van der Waals surface area (Å²) < 4.78 is 23.0. The maximum atomic E-state index is 12.8. The molecule has 8 heteroatoms. The molecule has 2 bridgehead atoms. The molecule has 5 rings (SSSR count). The lowest BCUT2D eigenvalue weighted by atomic mass is 9.50. The Hall–Kier alpha value is -2.58. The summed E-state index contributed by atoms with van der Waals surface area (Å²) in [6.45, 7) is 4.16. The molecule has 0 radical (unpaired) electrons. The minimum atomic E-state index is -1.07. The first-order valence-corrected chi connectivity index (χ1v) is 11.7. The Bertz CT molecular complexity index is 1040. The van der Waals surface area contributed by atoms with Gasteiger partial charge in [0.25, 0.3) is 0 Å². The van der Waals surface area contributed by atoms with Crippen molar-refractivity contribution in [1.29, 1.82) is 0 Å². The predicted octanol–water partition coefficient (Wildman–Crippen LogP) is 2.25. The number of benzene rings is 1. The van der Waals surface area contributed by atoms with E-state index in [0.29, 0.717) is 42.9 Å². The first-order valence-electron chi connectivity index (χ1n) is 11.7. The molecule has 0 saturated carbocycles. The van der Waals surface area contributed by atoms with E-state index < -0.39 is 35.2 Å². The number of likely N-dealkylation sites (N-methyl/N-ethyl adjacent to an activating group) is 1. The molecule has 2 aliphatic heterocycles. The first kappa shape index (κ1) is 22.2. The SMILES string of the molecule is CCCC(=O)O[C@@H](C)C(=O)OC1=CC[C@@]2(O)[C@H]3Cc4ccc(OC)c5c4[C@@]2(CCN3C)[C@H]1O5. The Morgan fingerprint density at radius 2 is 2.15 bits per heavy atom. The summed E-state index contributed by atoms with van der Waals surface area (Å²) in [6.07, 6.45) is 2.65. The first-order chi connectivity index (χ1) is 15.8. The van der Waals surface area contributed by atoms with Crippen molar-refractivity contribution >= 4 is 11.9 Å². The zero-order chi connectivity index (χ0) is 23.5. The van der Waals surface area contributed by atoms with Crippen molar-refractivity contribution in [3.8, 4) is 11.5 Å². The van der Waals surface area contributed by atoms with Crippen molar-refractivity contribution in [2.45, 2.75) is 75.2 Å². The summed E-state index contributed by atoms with van der Waals surface area (Å²) in [7, 11) is 3.64. The third-order valence-corrected chi connectivity index (χ3v) is 7.87. The predicted molar refractivity (Wildman–Crippen MR) is 118 cm³/mol. The number of rotatable bonds is 6. The van der Waals surface area contributed by atoms with Crippen LogP contribution in [0.4, 0.5) is 0 Å². The highest BCUT2D eigenvalue weighted by atomic mass is 16.6. The van der Waals surface area contributed by atoms with Gasteiger partial charge in [-0.05, 0) is 57.5 Å². The number of carbonyl (C=O) groups is 2. The Morgan fingerprint density at radius 3 is 2.88 bits per heavy atom. The van der Waals surface area contributed by atoms with Gasteiger partial charge in [0.15, 0.2) is 23.7 Å². The lowest BCUT2D eigenvalue weighted by Gasteiger charge is -2.61. The van der Waals surface area contributed by atoms with Crippen molar-refractivity contribution in [2.24, 2.45) is 0 Å². The summed E-state index contributed by atoms with van der Waals surface area (Å²) in [5.41, 5.74) is 0.296. The van der Waals surface area contributed by atoms with E-state index in [4.69, 9.17) is 18.9 Å². The van der Waals surface area contributed by atoms with E-state index in [0.717, 1.165) is 17.7 Å². The van der Waals surface area contributed by atoms with Gasteiger partial charge in [-0.25, -0.2) is 4.79 Å². The Labute approximate surface area is 193 Å². The number of carbonyl (C=O) groups excluding carboxylic acids is 2. The van der Waals surface area contributed by atoms with E-state index in [9.17, 15) is 14.7 Å². The molecule has 4 aliphatic rings. The van der Waals surface area contributed by atoms with E-state index in [1.165, 1.54) is 6.92 Å². The van der Waals surface area contributed by atoms with Gasteiger partial charge in [0, 0.05) is 24.4 Å². The number of hydrogen-bond donors (Lipinski definition) is 1. The van der Waals surface area contributed by atoms with Gasteiger partial charge in [0.2, 0.25) is 0 Å². The molecule has 2 heterocycles.